The number of carboxylic acids is 1. The Morgan fingerprint density at radius 1 is 1.00 bits per heavy atom. The molecule has 2 aromatic carbocycles. The van der Waals surface area contributed by atoms with E-state index in [0.717, 1.165) is 12.8 Å². The maximum absolute atomic E-state index is 12.9. The highest BCUT2D eigenvalue weighted by Gasteiger charge is 2.18. The fourth-order valence-electron chi connectivity index (χ4n) is 3.01. The summed E-state index contributed by atoms with van der Waals surface area (Å²) in [5.74, 6) is -1.10. The number of carbonyl (C=O) groups is 1. The van der Waals surface area contributed by atoms with Crippen LogP contribution in [-0.2, 0) is 24.2 Å². The first-order valence-electron chi connectivity index (χ1n) is 8.66. The third-order valence-corrected chi connectivity index (χ3v) is 4.52. The van der Waals surface area contributed by atoms with Crippen molar-refractivity contribution in [1.82, 2.24) is 9.55 Å². The number of hydrogen-bond donors (Lipinski definition) is 1. The van der Waals surface area contributed by atoms with Gasteiger partial charge in [0.25, 0.3) is 5.56 Å². The molecule has 0 unspecified atom stereocenters. The fraction of sp³-hybridized carbons (Fsp3) is 0.190. The molecule has 27 heavy (non-hydrogen) atoms. The first kappa shape index (κ1) is 18.9. The normalized spacial score (nSPS) is 10.7. The van der Waals surface area contributed by atoms with Crippen LogP contribution in [0.15, 0.2) is 65.5 Å². The van der Waals surface area contributed by atoms with Crippen LogP contribution in [0.25, 0.3) is 11.3 Å². The molecule has 0 radical (unpaired) electrons. The van der Waals surface area contributed by atoms with Crippen LogP contribution in [0.3, 0.4) is 0 Å². The lowest BCUT2D eigenvalue weighted by Crippen LogP contribution is -2.30. The molecule has 1 heterocycles. The Hall–Kier alpha value is -2.92. The number of nitrogens with zero attached hydrogens (tertiary/aromatic N) is 2. The van der Waals surface area contributed by atoms with E-state index in [1.54, 1.807) is 24.3 Å². The molecule has 1 N–H and O–H groups in total. The first-order chi connectivity index (χ1) is 13.1. The number of carboxylic acid groups (broad SMARTS) is 1. The Labute approximate surface area is 161 Å². The summed E-state index contributed by atoms with van der Waals surface area (Å²) >= 11 is 6.36. The standard InChI is InChI=1S/C21H19ClN2O3/c22-20-19(16-11-5-2-6-12-16)24(14-18(25)26)21(27)17(23-20)13-7-10-15-8-3-1-4-9-15/h1-6,8-9,11-12H,7,10,13-14H2,(H,25,26). The van der Waals surface area contributed by atoms with E-state index in [-0.39, 0.29) is 10.8 Å². The second-order valence-corrected chi connectivity index (χ2v) is 6.55. The fourth-order valence-corrected chi connectivity index (χ4v) is 3.33. The molecular formula is C21H19ClN2O3. The number of aromatic nitrogens is 2. The second-order valence-electron chi connectivity index (χ2n) is 6.19. The van der Waals surface area contributed by atoms with E-state index < -0.39 is 18.1 Å². The van der Waals surface area contributed by atoms with E-state index >= 15 is 0 Å². The van der Waals surface area contributed by atoms with E-state index in [0.29, 0.717) is 17.7 Å². The minimum Gasteiger partial charge on any atom is -0.480 e. The smallest absolute Gasteiger partial charge is 0.323 e. The predicted molar refractivity (Wildman–Crippen MR) is 105 cm³/mol. The molecule has 138 valence electrons. The van der Waals surface area contributed by atoms with E-state index in [1.165, 1.54) is 10.1 Å². The Bertz CT molecular complexity index is 986. The molecule has 0 atom stereocenters. The van der Waals surface area contributed by atoms with Crippen molar-refractivity contribution in [1.29, 1.82) is 0 Å². The molecule has 0 spiro atoms. The van der Waals surface area contributed by atoms with Gasteiger partial charge in [-0.2, -0.15) is 0 Å². The van der Waals surface area contributed by atoms with Crippen molar-refractivity contribution in [3.8, 4) is 11.3 Å². The van der Waals surface area contributed by atoms with Gasteiger partial charge in [-0.15, -0.1) is 0 Å². The molecular weight excluding hydrogens is 364 g/mol. The monoisotopic (exact) mass is 382 g/mol. The van der Waals surface area contributed by atoms with Crippen LogP contribution in [-0.4, -0.2) is 20.6 Å². The highest BCUT2D eigenvalue weighted by atomic mass is 35.5. The maximum Gasteiger partial charge on any atom is 0.323 e. The Balaban J connectivity index is 1.93. The minimum atomic E-state index is -1.10. The summed E-state index contributed by atoms with van der Waals surface area (Å²) in [6, 6.07) is 18.9. The Kier molecular flexibility index (Phi) is 6.04. The average Bonchev–Trinajstić information content (AvgIpc) is 2.67. The van der Waals surface area contributed by atoms with Crippen LogP contribution in [0.2, 0.25) is 5.15 Å². The van der Waals surface area contributed by atoms with Crippen LogP contribution in [0.1, 0.15) is 17.7 Å². The molecule has 0 aliphatic rings. The van der Waals surface area contributed by atoms with Gasteiger partial charge in [0.15, 0.2) is 5.15 Å². The zero-order chi connectivity index (χ0) is 19.2. The number of benzene rings is 2. The van der Waals surface area contributed by atoms with E-state index in [1.807, 2.05) is 36.4 Å². The largest absolute Gasteiger partial charge is 0.480 e. The summed E-state index contributed by atoms with van der Waals surface area (Å²) in [5.41, 5.74) is 2.04. The molecule has 0 saturated heterocycles. The lowest BCUT2D eigenvalue weighted by atomic mass is 10.1. The highest BCUT2D eigenvalue weighted by Crippen LogP contribution is 2.25. The Morgan fingerprint density at radius 3 is 2.26 bits per heavy atom. The molecule has 0 amide bonds. The van der Waals surface area contributed by atoms with E-state index in [2.05, 4.69) is 4.98 Å². The molecule has 0 saturated carbocycles. The number of hydrogen-bond acceptors (Lipinski definition) is 3. The van der Waals surface area contributed by atoms with Crippen molar-refractivity contribution < 1.29 is 9.90 Å². The van der Waals surface area contributed by atoms with Crippen molar-refractivity contribution in [3.63, 3.8) is 0 Å². The summed E-state index contributed by atoms with van der Waals surface area (Å²) in [6.45, 7) is -0.461. The number of aryl methyl sites for hydroxylation is 2. The number of halogens is 1. The zero-order valence-electron chi connectivity index (χ0n) is 14.6. The molecule has 0 fully saturated rings. The van der Waals surface area contributed by atoms with Gasteiger partial charge < -0.3 is 5.11 Å². The average molecular weight is 383 g/mol. The number of rotatable bonds is 7. The van der Waals surface area contributed by atoms with Gasteiger partial charge in [0.1, 0.15) is 12.2 Å². The Morgan fingerprint density at radius 2 is 1.63 bits per heavy atom. The molecule has 1 aromatic heterocycles. The quantitative estimate of drug-likeness (QED) is 0.674. The van der Waals surface area contributed by atoms with Gasteiger partial charge in [-0.05, 0) is 24.8 Å². The van der Waals surface area contributed by atoms with Gasteiger partial charge in [0.05, 0.1) is 5.69 Å². The lowest BCUT2D eigenvalue weighted by molar-refractivity contribution is -0.137. The summed E-state index contributed by atoms with van der Waals surface area (Å²) in [7, 11) is 0. The molecule has 3 rings (SSSR count). The molecule has 0 aliphatic heterocycles. The molecule has 0 aliphatic carbocycles. The van der Waals surface area contributed by atoms with Crippen molar-refractivity contribution in [2.45, 2.75) is 25.8 Å². The van der Waals surface area contributed by atoms with Crippen LogP contribution in [0.5, 0.6) is 0 Å². The van der Waals surface area contributed by atoms with E-state index in [4.69, 9.17) is 11.6 Å². The van der Waals surface area contributed by atoms with E-state index in [9.17, 15) is 14.7 Å². The summed E-state index contributed by atoms with van der Waals surface area (Å²) in [6.07, 6.45) is 1.96. The third kappa shape index (κ3) is 4.63. The van der Waals surface area contributed by atoms with Gasteiger partial charge in [0.2, 0.25) is 0 Å². The minimum absolute atomic E-state index is 0.136. The SMILES string of the molecule is O=C(O)Cn1c(-c2ccccc2)c(Cl)nc(CCCc2ccccc2)c1=O. The molecule has 6 heteroatoms. The summed E-state index contributed by atoms with van der Waals surface area (Å²) < 4.78 is 1.20. The zero-order valence-corrected chi connectivity index (χ0v) is 15.4. The summed E-state index contributed by atoms with van der Waals surface area (Å²) in [5, 5.41) is 9.38. The number of aliphatic carboxylic acids is 1. The van der Waals surface area contributed by atoms with Gasteiger partial charge in [-0.1, -0.05) is 72.3 Å². The van der Waals surface area contributed by atoms with Gasteiger partial charge >= 0.3 is 5.97 Å². The van der Waals surface area contributed by atoms with Crippen LogP contribution < -0.4 is 5.56 Å². The van der Waals surface area contributed by atoms with Crippen molar-refractivity contribution in [2.75, 3.05) is 0 Å². The third-order valence-electron chi connectivity index (χ3n) is 4.25. The molecule has 3 aromatic rings. The lowest BCUT2D eigenvalue weighted by Gasteiger charge is -2.14. The molecule has 0 bridgehead atoms. The van der Waals surface area contributed by atoms with Crippen molar-refractivity contribution >= 4 is 17.6 Å². The van der Waals surface area contributed by atoms with Crippen molar-refractivity contribution in [2.24, 2.45) is 0 Å². The first-order valence-corrected chi connectivity index (χ1v) is 9.04. The topological polar surface area (TPSA) is 72.2 Å². The predicted octanol–water partition coefficient (Wildman–Crippen LogP) is 3.82. The summed E-state index contributed by atoms with van der Waals surface area (Å²) in [4.78, 5) is 28.5. The van der Waals surface area contributed by atoms with Crippen molar-refractivity contribution in [3.05, 3.63) is 87.4 Å². The highest BCUT2D eigenvalue weighted by molar-refractivity contribution is 6.31. The van der Waals surface area contributed by atoms with Crippen LogP contribution in [0, 0.1) is 0 Å². The van der Waals surface area contributed by atoms with Gasteiger partial charge in [-0.3, -0.25) is 14.2 Å². The molecule has 5 nitrogen and oxygen atoms in total. The van der Waals surface area contributed by atoms with Gasteiger partial charge in [-0.25, -0.2) is 4.98 Å². The second kappa shape index (κ2) is 8.64. The van der Waals surface area contributed by atoms with Crippen LogP contribution >= 0.6 is 11.6 Å². The van der Waals surface area contributed by atoms with Gasteiger partial charge in [0, 0.05) is 5.56 Å². The maximum atomic E-state index is 12.9. The van der Waals surface area contributed by atoms with Crippen LogP contribution in [0.4, 0.5) is 0 Å².